The van der Waals surface area contributed by atoms with Gasteiger partial charge in [-0.15, -0.1) is 0 Å². The minimum atomic E-state index is -0.0979. The number of hydrazine groups is 1. The highest BCUT2D eigenvalue weighted by molar-refractivity contribution is 5.93. The van der Waals surface area contributed by atoms with Crippen LogP contribution in [0.5, 0.6) is 0 Å². The van der Waals surface area contributed by atoms with Crippen LogP contribution in [-0.2, 0) is 0 Å². The van der Waals surface area contributed by atoms with E-state index in [0.29, 0.717) is 5.56 Å². The van der Waals surface area contributed by atoms with E-state index in [1.165, 1.54) is 0 Å². The minimum absolute atomic E-state index is 0.0164. The van der Waals surface area contributed by atoms with Gasteiger partial charge in [0.15, 0.2) is 0 Å². The number of pyridine rings is 1. The van der Waals surface area contributed by atoms with Crippen LogP contribution in [0.25, 0.3) is 0 Å². The lowest BCUT2D eigenvalue weighted by atomic mass is 10.2. The van der Waals surface area contributed by atoms with Crippen LogP contribution in [-0.4, -0.2) is 23.6 Å². The van der Waals surface area contributed by atoms with Gasteiger partial charge >= 0.3 is 0 Å². The second-order valence-corrected chi connectivity index (χ2v) is 3.13. The number of carbonyl (C=O) groups is 1. The van der Waals surface area contributed by atoms with Gasteiger partial charge in [0.1, 0.15) is 0 Å². The highest BCUT2D eigenvalue weighted by Crippen LogP contribution is 1.98. The average Bonchev–Trinajstić information content (AvgIpc) is 2.72. The van der Waals surface area contributed by atoms with Gasteiger partial charge in [0.2, 0.25) is 0 Å². The molecule has 5 heteroatoms. The Morgan fingerprint density at radius 3 is 3.21 bits per heavy atom. The summed E-state index contributed by atoms with van der Waals surface area (Å²) in [6.07, 6.45) is 4.11. The fourth-order valence-corrected chi connectivity index (χ4v) is 1.33. The molecule has 0 radical (unpaired) electrons. The molecule has 14 heavy (non-hydrogen) atoms. The van der Waals surface area contributed by atoms with Crippen molar-refractivity contribution >= 4 is 5.91 Å². The zero-order valence-corrected chi connectivity index (χ0v) is 7.66. The Bertz CT molecular complexity index is 308. The molecule has 1 aromatic rings. The van der Waals surface area contributed by atoms with Crippen molar-refractivity contribution in [1.29, 1.82) is 0 Å². The topological polar surface area (TPSA) is 66.1 Å². The molecule has 0 bridgehead atoms. The van der Waals surface area contributed by atoms with Gasteiger partial charge in [-0.25, -0.2) is 5.43 Å². The first-order valence-electron chi connectivity index (χ1n) is 4.55. The Labute approximate surface area is 81.9 Å². The van der Waals surface area contributed by atoms with Crippen molar-refractivity contribution in [2.24, 2.45) is 0 Å². The molecule has 2 rings (SSSR count). The predicted molar refractivity (Wildman–Crippen MR) is 51.2 cm³/mol. The van der Waals surface area contributed by atoms with Crippen molar-refractivity contribution in [3.63, 3.8) is 0 Å². The summed E-state index contributed by atoms with van der Waals surface area (Å²) < 4.78 is 0. The Kier molecular flexibility index (Phi) is 2.71. The maximum absolute atomic E-state index is 11.6. The molecular formula is C9H12N4O. The first-order chi connectivity index (χ1) is 6.86. The van der Waals surface area contributed by atoms with E-state index in [0.717, 1.165) is 13.0 Å². The molecule has 2 heterocycles. The van der Waals surface area contributed by atoms with Crippen molar-refractivity contribution in [2.45, 2.75) is 12.6 Å². The molecule has 0 spiro atoms. The normalized spacial score (nSPS) is 20.7. The molecule has 1 aliphatic heterocycles. The highest BCUT2D eigenvalue weighted by Gasteiger charge is 2.16. The molecule has 1 unspecified atom stereocenters. The Hall–Kier alpha value is -1.46. The van der Waals surface area contributed by atoms with Gasteiger partial charge in [0.05, 0.1) is 11.7 Å². The Morgan fingerprint density at radius 1 is 1.64 bits per heavy atom. The molecule has 0 aromatic carbocycles. The van der Waals surface area contributed by atoms with Crippen molar-refractivity contribution in [3.8, 4) is 0 Å². The van der Waals surface area contributed by atoms with E-state index in [9.17, 15) is 4.79 Å². The molecule has 1 amide bonds. The second kappa shape index (κ2) is 4.17. The van der Waals surface area contributed by atoms with E-state index in [4.69, 9.17) is 0 Å². The SMILES string of the molecule is O=C(NC1CCNN1)c1cccnc1. The van der Waals surface area contributed by atoms with E-state index >= 15 is 0 Å². The zero-order valence-electron chi connectivity index (χ0n) is 7.66. The summed E-state index contributed by atoms with van der Waals surface area (Å²) >= 11 is 0. The summed E-state index contributed by atoms with van der Waals surface area (Å²) in [5, 5.41) is 2.84. The summed E-state index contributed by atoms with van der Waals surface area (Å²) in [4.78, 5) is 15.5. The number of aromatic nitrogens is 1. The van der Waals surface area contributed by atoms with Crippen LogP contribution in [0.1, 0.15) is 16.8 Å². The summed E-state index contributed by atoms with van der Waals surface area (Å²) in [6, 6.07) is 3.49. The largest absolute Gasteiger partial charge is 0.335 e. The Balaban J connectivity index is 1.95. The molecule has 1 atom stereocenters. The molecular weight excluding hydrogens is 180 g/mol. The first-order valence-corrected chi connectivity index (χ1v) is 4.55. The molecule has 0 saturated carbocycles. The number of carbonyl (C=O) groups excluding carboxylic acids is 1. The maximum atomic E-state index is 11.6. The van der Waals surface area contributed by atoms with E-state index in [-0.39, 0.29) is 12.1 Å². The van der Waals surface area contributed by atoms with Gasteiger partial charge < -0.3 is 5.32 Å². The monoisotopic (exact) mass is 192 g/mol. The molecule has 3 N–H and O–H groups in total. The molecule has 1 saturated heterocycles. The van der Waals surface area contributed by atoms with Crippen molar-refractivity contribution in [1.82, 2.24) is 21.2 Å². The maximum Gasteiger partial charge on any atom is 0.254 e. The highest BCUT2D eigenvalue weighted by atomic mass is 16.1. The number of hydrogen-bond acceptors (Lipinski definition) is 4. The van der Waals surface area contributed by atoms with Crippen LogP contribution in [0.3, 0.4) is 0 Å². The molecule has 1 aliphatic rings. The van der Waals surface area contributed by atoms with Crippen molar-refractivity contribution in [3.05, 3.63) is 30.1 Å². The molecule has 1 fully saturated rings. The molecule has 5 nitrogen and oxygen atoms in total. The summed E-state index contributed by atoms with van der Waals surface area (Å²) in [6.45, 7) is 0.873. The predicted octanol–water partition coefficient (Wildman–Crippen LogP) is -0.365. The molecule has 74 valence electrons. The summed E-state index contributed by atoms with van der Waals surface area (Å²) in [5.74, 6) is -0.0979. The smallest absolute Gasteiger partial charge is 0.254 e. The standard InChI is InChI=1S/C9H12N4O/c14-9(7-2-1-4-10-6-7)12-8-3-5-11-13-8/h1-2,4,6,8,11,13H,3,5H2,(H,12,14). The van der Waals surface area contributed by atoms with Crippen LogP contribution in [0.2, 0.25) is 0 Å². The molecule has 1 aromatic heterocycles. The minimum Gasteiger partial charge on any atom is -0.335 e. The lowest BCUT2D eigenvalue weighted by Gasteiger charge is -2.11. The lowest BCUT2D eigenvalue weighted by molar-refractivity contribution is 0.0932. The van der Waals surface area contributed by atoms with E-state index < -0.39 is 0 Å². The summed E-state index contributed by atoms with van der Waals surface area (Å²) in [5.41, 5.74) is 6.49. The fraction of sp³-hybridized carbons (Fsp3) is 0.333. The van der Waals surface area contributed by atoms with E-state index in [1.54, 1.807) is 24.5 Å². The average molecular weight is 192 g/mol. The van der Waals surface area contributed by atoms with Gasteiger partial charge in [-0.3, -0.25) is 15.2 Å². The van der Waals surface area contributed by atoms with Crippen molar-refractivity contribution < 1.29 is 4.79 Å². The van der Waals surface area contributed by atoms with Crippen LogP contribution in [0.4, 0.5) is 0 Å². The van der Waals surface area contributed by atoms with Crippen LogP contribution < -0.4 is 16.2 Å². The van der Waals surface area contributed by atoms with Crippen LogP contribution >= 0.6 is 0 Å². The quantitative estimate of drug-likeness (QED) is 0.598. The second-order valence-electron chi connectivity index (χ2n) is 3.13. The number of nitrogens with one attached hydrogen (secondary N) is 3. The fourth-order valence-electron chi connectivity index (χ4n) is 1.33. The Morgan fingerprint density at radius 2 is 2.57 bits per heavy atom. The van der Waals surface area contributed by atoms with Gasteiger partial charge in [-0.05, 0) is 18.6 Å². The third kappa shape index (κ3) is 2.07. The van der Waals surface area contributed by atoms with Crippen LogP contribution in [0, 0.1) is 0 Å². The van der Waals surface area contributed by atoms with Gasteiger partial charge in [-0.1, -0.05) is 0 Å². The lowest BCUT2D eigenvalue weighted by Crippen LogP contribution is -2.44. The molecule has 0 aliphatic carbocycles. The van der Waals surface area contributed by atoms with Gasteiger partial charge in [-0.2, -0.15) is 0 Å². The number of amides is 1. The van der Waals surface area contributed by atoms with Crippen molar-refractivity contribution in [2.75, 3.05) is 6.54 Å². The third-order valence-electron chi connectivity index (χ3n) is 2.06. The van der Waals surface area contributed by atoms with E-state index in [1.807, 2.05) is 0 Å². The van der Waals surface area contributed by atoms with Crippen LogP contribution in [0.15, 0.2) is 24.5 Å². The number of hydrogen-bond donors (Lipinski definition) is 3. The third-order valence-corrected chi connectivity index (χ3v) is 2.06. The zero-order chi connectivity index (χ0) is 9.80. The first kappa shape index (κ1) is 9.11. The number of nitrogens with zero attached hydrogens (tertiary/aromatic N) is 1. The van der Waals surface area contributed by atoms with E-state index in [2.05, 4.69) is 21.2 Å². The summed E-state index contributed by atoms with van der Waals surface area (Å²) in [7, 11) is 0. The van der Waals surface area contributed by atoms with Gasteiger partial charge in [0, 0.05) is 18.9 Å². The number of rotatable bonds is 2. The van der Waals surface area contributed by atoms with Gasteiger partial charge in [0.25, 0.3) is 5.91 Å².